The van der Waals surface area contributed by atoms with Crippen molar-refractivity contribution >= 4 is 21.6 Å². The van der Waals surface area contributed by atoms with Crippen molar-refractivity contribution in [1.82, 2.24) is 5.16 Å². The van der Waals surface area contributed by atoms with Crippen LogP contribution in [0, 0.1) is 6.92 Å². The molecule has 0 saturated heterocycles. The Morgan fingerprint density at radius 3 is 2.81 bits per heavy atom. The molecule has 0 unspecified atom stereocenters. The maximum Gasteiger partial charge on any atom is 0.263 e. The fourth-order valence-electron chi connectivity index (χ4n) is 2.42. The van der Waals surface area contributed by atoms with Crippen LogP contribution < -0.4 is 10.0 Å². The van der Waals surface area contributed by atoms with Crippen LogP contribution in [0.1, 0.15) is 21.7 Å². The molecule has 2 aromatic rings. The highest BCUT2D eigenvalue weighted by Crippen LogP contribution is 2.31. The monoisotopic (exact) mass is 307 g/mol. The number of rotatable bonds is 2. The first-order valence-corrected chi connectivity index (χ1v) is 7.81. The Bertz CT molecular complexity index is 826. The number of anilines is 1. The van der Waals surface area contributed by atoms with Crippen LogP contribution in [0.25, 0.3) is 0 Å². The summed E-state index contributed by atoms with van der Waals surface area (Å²) in [5.41, 5.74) is 1.87. The van der Waals surface area contributed by atoms with E-state index in [4.69, 9.17) is 9.66 Å². The molecule has 0 atom stereocenters. The largest absolute Gasteiger partial charge is 0.361 e. The molecule has 0 saturated carbocycles. The maximum absolute atomic E-state index is 12.5. The summed E-state index contributed by atoms with van der Waals surface area (Å²) < 4.78 is 27.6. The van der Waals surface area contributed by atoms with Crippen molar-refractivity contribution in [3.63, 3.8) is 0 Å². The van der Waals surface area contributed by atoms with Crippen LogP contribution in [-0.2, 0) is 16.4 Å². The lowest BCUT2D eigenvalue weighted by molar-refractivity contribution is 0.0988. The van der Waals surface area contributed by atoms with Crippen molar-refractivity contribution in [3.05, 3.63) is 41.3 Å². The number of nitrogens with zero attached hydrogens (tertiary/aromatic N) is 2. The van der Waals surface area contributed by atoms with Gasteiger partial charge < -0.3 is 9.42 Å². The van der Waals surface area contributed by atoms with Gasteiger partial charge in [0.15, 0.2) is 0 Å². The van der Waals surface area contributed by atoms with Gasteiger partial charge in [0.2, 0.25) is 10.0 Å². The number of carbonyl (C=O) groups is 1. The summed E-state index contributed by atoms with van der Waals surface area (Å²) >= 11 is 0. The molecule has 1 aliphatic heterocycles. The molecule has 7 nitrogen and oxygen atoms in total. The van der Waals surface area contributed by atoms with E-state index in [9.17, 15) is 13.2 Å². The van der Waals surface area contributed by atoms with Gasteiger partial charge in [-0.2, -0.15) is 0 Å². The van der Waals surface area contributed by atoms with E-state index in [-0.39, 0.29) is 10.8 Å². The molecule has 1 amide bonds. The molecule has 21 heavy (non-hydrogen) atoms. The molecule has 1 aromatic heterocycles. The second-order valence-corrected chi connectivity index (χ2v) is 6.40. The number of nitrogens with two attached hydrogens (primary N) is 1. The Labute approximate surface area is 121 Å². The highest BCUT2D eigenvalue weighted by atomic mass is 32.2. The SMILES string of the molecule is Cc1oncc1C(=O)N1CCc2cc(S(N)(=O)=O)ccc21. The van der Waals surface area contributed by atoms with Crippen LogP contribution in [0.2, 0.25) is 0 Å². The van der Waals surface area contributed by atoms with E-state index >= 15 is 0 Å². The van der Waals surface area contributed by atoms with Gasteiger partial charge in [0, 0.05) is 12.2 Å². The summed E-state index contributed by atoms with van der Waals surface area (Å²) in [6, 6.07) is 4.52. The lowest BCUT2D eigenvalue weighted by atomic mass is 10.1. The number of amides is 1. The lowest BCUT2D eigenvalue weighted by Gasteiger charge is -2.16. The van der Waals surface area contributed by atoms with Crippen molar-refractivity contribution in [2.45, 2.75) is 18.2 Å². The molecule has 2 N–H and O–H groups in total. The van der Waals surface area contributed by atoms with Crippen LogP contribution in [0.4, 0.5) is 5.69 Å². The van der Waals surface area contributed by atoms with E-state index in [2.05, 4.69) is 5.16 Å². The summed E-state index contributed by atoms with van der Waals surface area (Å²) in [5, 5.41) is 8.71. The highest BCUT2D eigenvalue weighted by molar-refractivity contribution is 7.89. The fraction of sp³-hybridized carbons (Fsp3) is 0.231. The Balaban J connectivity index is 1.98. The van der Waals surface area contributed by atoms with Crippen molar-refractivity contribution in [2.24, 2.45) is 5.14 Å². The van der Waals surface area contributed by atoms with Gasteiger partial charge in [-0.15, -0.1) is 0 Å². The number of carbonyl (C=O) groups excluding carboxylic acids is 1. The molecule has 0 bridgehead atoms. The standard InChI is InChI=1S/C13H13N3O4S/c1-8-11(7-15-20-8)13(17)16-5-4-9-6-10(21(14,18)19)2-3-12(9)16/h2-3,6-7H,4-5H2,1H3,(H2,14,18,19). The number of hydrogen-bond acceptors (Lipinski definition) is 5. The van der Waals surface area contributed by atoms with E-state index in [0.29, 0.717) is 30.0 Å². The molecule has 2 heterocycles. The minimum Gasteiger partial charge on any atom is -0.361 e. The van der Waals surface area contributed by atoms with Gasteiger partial charge in [-0.05, 0) is 37.1 Å². The number of hydrogen-bond donors (Lipinski definition) is 1. The number of sulfonamides is 1. The van der Waals surface area contributed by atoms with Gasteiger partial charge in [-0.25, -0.2) is 13.6 Å². The van der Waals surface area contributed by atoms with Gasteiger partial charge in [0.1, 0.15) is 11.3 Å². The molecule has 1 aromatic carbocycles. The summed E-state index contributed by atoms with van der Waals surface area (Å²) in [7, 11) is -3.74. The van der Waals surface area contributed by atoms with Crippen LogP contribution in [0.15, 0.2) is 33.8 Å². The number of aromatic nitrogens is 1. The second kappa shape index (κ2) is 4.68. The molecule has 0 radical (unpaired) electrons. The number of benzene rings is 1. The average Bonchev–Trinajstić information content (AvgIpc) is 3.02. The highest BCUT2D eigenvalue weighted by Gasteiger charge is 2.28. The summed E-state index contributed by atoms with van der Waals surface area (Å²) in [5.74, 6) is 0.241. The predicted octanol–water partition coefficient (Wildman–Crippen LogP) is 0.833. The zero-order chi connectivity index (χ0) is 15.2. The molecule has 110 valence electrons. The van der Waals surface area contributed by atoms with Gasteiger partial charge in [0.25, 0.3) is 5.91 Å². The fourth-order valence-corrected chi connectivity index (χ4v) is 2.98. The molecular formula is C13H13N3O4S. The number of aryl methyl sites for hydroxylation is 1. The van der Waals surface area contributed by atoms with Gasteiger partial charge in [0.05, 0.1) is 11.1 Å². The molecule has 0 aliphatic carbocycles. The minimum atomic E-state index is -3.74. The van der Waals surface area contributed by atoms with Gasteiger partial charge in [-0.1, -0.05) is 5.16 Å². The van der Waals surface area contributed by atoms with E-state index in [1.54, 1.807) is 17.9 Å². The van der Waals surface area contributed by atoms with E-state index in [0.717, 1.165) is 5.56 Å². The zero-order valence-corrected chi connectivity index (χ0v) is 12.1. The Kier molecular flexibility index (Phi) is 3.07. The number of primary sulfonamides is 1. The molecule has 0 fully saturated rings. The molecule has 0 spiro atoms. The topological polar surface area (TPSA) is 106 Å². The average molecular weight is 307 g/mol. The molecule has 3 rings (SSSR count). The van der Waals surface area contributed by atoms with E-state index in [1.165, 1.54) is 18.3 Å². The summed E-state index contributed by atoms with van der Waals surface area (Å²) in [4.78, 5) is 14.1. The first-order valence-electron chi connectivity index (χ1n) is 6.27. The first kappa shape index (κ1) is 13.8. The van der Waals surface area contributed by atoms with Crippen molar-refractivity contribution < 1.29 is 17.7 Å². The van der Waals surface area contributed by atoms with Crippen LogP contribution in [-0.4, -0.2) is 26.0 Å². The third-order valence-corrected chi connectivity index (χ3v) is 4.41. The lowest BCUT2D eigenvalue weighted by Crippen LogP contribution is -2.29. The summed E-state index contributed by atoms with van der Waals surface area (Å²) in [6.07, 6.45) is 1.96. The normalized spacial score (nSPS) is 14.3. The van der Waals surface area contributed by atoms with E-state index in [1.807, 2.05) is 0 Å². The molecule has 8 heteroatoms. The van der Waals surface area contributed by atoms with Gasteiger partial charge in [-0.3, -0.25) is 4.79 Å². The summed E-state index contributed by atoms with van der Waals surface area (Å²) in [6.45, 7) is 2.15. The molecular weight excluding hydrogens is 294 g/mol. The van der Waals surface area contributed by atoms with E-state index < -0.39 is 10.0 Å². The Hall–Kier alpha value is -2.19. The smallest absolute Gasteiger partial charge is 0.263 e. The van der Waals surface area contributed by atoms with Crippen LogP contribution >= 0.6 is 0 Å². The van der Waals surface area contributed by atoms with Crippen LogP contribution in [0.3, 0.4) is 0 Å². The minimum absolute atomic E-state index is 0.0525. The van der Waals surface area contributed by atoms with Gasteiger partial charge >= 0.3 is 0 Å². The zero-order valence-electron chi connectivity index (χ0n) is 11.2. The Morgan fingerprint density at radius 2 is 2.19 bits per heavy atom. The first-order chi connectivity index (χ1) is 9.88. The second-order valence-electron chi connectivity index (χ2n) is 4.84. The third kappa shape index (κ3) is 2.32. The maximum atomic E-state index is 12.5. The third-order valence-electron chi connectivity index (χ3n) is 3.50. The van der Waals surface area contributed by atoms with Crippen LogP contribution in [0.5, 0.6) is 0 Å². The number of fused-ring (bicyclic) bond motifs is 1. The van der Waals surface area contributed by atoms with Crippen molar-refractivity contribution in [1.29, 1.82) is 0 Å². The Morgan fingerprint density at radius 1 is 1.43 bits per heavy atom. The quantitative estimate of drug-likeness (QED) is 0.884. The molecule has 1 aliphatic rings. The van der Waals surface area contributed by atoms with Crippen molar-refractivity contribution in [3.8, 4) is 0 Å². The van der Waals surface area contributed by atoms with Crippen molar-refractivity contribution in [2.75, 3.05) is 11.4 Å². The predicted molar refractivity (Wildman–Crippen MR) is 74.4 cm³/mol.